The van der Waals surface area contributed by atoms with Gasteiger partial charge in [-0.3, -0.25) is 0 Å². The van der Waals surface area contributed by atoms with Crippen LogP contribution in [0.1, 0.15) is 34.5 Å². The smallest absolute Gasteiger partial charge is 0.312 e. The summed E-state index contributed by atoms with van der Waals surface area (Å²) in [6.45, 7) is 0. The molecule has 1 aromatic rings. The second-order valence-electron chi connectivity index (χ2n) is 3.56. The van der Waals surface area contributed by atoms with E-state index in [-0.39, 0.29) is 6.04 Å². The Morgan fingerprint density at radius 2 is 2.20 bits per heavy atom. The number of rotatable bonds is 1. The van der Waals surface area contributed by atoms with Crippen molar-refractivity contribution in [1.82, 2.24) is 10.3 Å². The van der Waals surface area contributed by atoms with Crippen LogP contribution in [-0.4, -0.2) is 12.0 Å². The largest absolute Gasteiger partial charge is 0.443 e. The van der Waals surface area contributed by atoms with Crippen LogP contribution in [0.4, 0.5) is 13.2 Å². The molecule has 0 saturated heterocycles. The van der Waals surface area contributed by atoms with Gasteiger partial charge in [-0.1, -0.05) is 0 Å². The zero-order chi connectivity index (χ0) is 11.1. The number of halogens is 3. The van der Waals surface area contributed by atoms with E-state index in [0.717, 1.165) is 29.1 Å². The zero-order valence-corrected chi connectivity index (χ0v) is 9.00. The SMILES string of the molecule is CNC1CCCc2nc(C(F)(F)F)sc21. The molecule has 1 unspecified atom stereocenters. The molecule has 0 saturated carbocycles. The number of fused-ring (bicyclic) bond motifs is 1. The number of thiazole rings is 1. The van der Waals surface area contributed by atoms with Gasteiger partial charge in [0.25, 0.3) is 0 Å². The van der Waals surface area contributed by atoms with Gasteiger partial charge in [0.1, 0.15) is 0 Å². The summed E-state index contributed by atoms with van der Waals surface area (Å²) in [5.74, 6) is 0. The van der Waals surface area contributed by atoms with Crippen molar-refractivity contribution in [3.8, 4) is 0 Å². The van der Waals surface area contributed by atoms with Gasteiger partial charge < -0.3 is 5.32 Å². The van der Waals surface area contributed by atoms with Gasteiger partial charge in [-0.05, 0) is 26.3 Å². The van der Waals surface area contributed by atoms with Gasteiger partial charge in [-0.15, -0.1) is 11.3 Å². The number of nitrogens with one attached hydrogen (secondary N) is 1. The Hall–Kier alpha value is -0.620. The maximum absolute atomic E-state index is 12.4. The third-order valence-electron chi connectivity index (χ3n) is 2.54. The zero-order valence-electron chi connectivity index (χ0n) is 8.19. The van der Waals surface area contributed by atoms with E-state index in [9.17, 15) is 13.2 Å². The summed E-state index contributed by atoms with van der Waals surface area (Å²) in [6.07, 6.45) is -1.84. The summed E-state index contributed by atoms with van der Waals surface area (Å²) < 4.78 is 37.3. The van der Waals surface area contributed by atoms with Crippen LogP contribution in [0.5, 0.6) is 0 Å². The highest BCUT2D eigenvalue weighted by Gasteiger charge is 2.37. The molecule has 6 heteroatoms. The van der Waals surface area contributed by atoms with Gasteiger partial charge in [0.05, 0.1) is 5.69 Å². The van der Waals surface area contributed by atoms with Crippen LogP contribution >= 0.6 is 11.3 Å². The second-order valence-corrected chi connectivity index (χ2v) is 4.59. The average Bonchev–Trinajstić information content (AvgIpc) is 2.59. The minimum atomic E-state index is -4.31. The van der Waals surface area contributed by atoms with Crippen LogP contribution in [0.15, 0.2) is 0 Å². The average molecular weight is 236 g/mol. The monoisotopic (exact) mass is 236 g/mol. The molecular formula is C9H11F3N2S. The Labute approximate surface area is 89.5 Å². The molecule has 0 bridgehead atoms. The fourth-order valence-electron chi connectivity index (χ4n) is 1.82. The summed E-state index contributed by atoms with van der Waals surface area (Å²) in [4.78, 5) is 4.43. The Bertz CT molecular complexity index is 359. The van der Waals surface area contributed by atoms with Crippen molar-refractivity contribution in [2.75, 3.05) is 7.05 Å². The standard InChI is InChI=1S/C9H11F3N2S/c1-13-5-3-2-4-6-7(5)15-8(14-6)9(10,11)12/h5,13H,2-4H2,1H3. The molecule has 1 aliphatic carbocycles. The van der Waals surface area contributed by atoms with Gasteiger partial charge in [-0.25, -0.2) is 4.98 Å². The molecule has 1 aliphatic rings. The molecule has 1 aromatic heterocycles. The molecule has 1 heterocycles. The Morgan fingerprint density at radius 3 is 2.80 bits per heavy atom. The molecule has 0 aromatic carbocycles. The number of nitrogens with zero attached hydrogens (tertiary/aromatic N) is 1. The lowest BCUT2D eigenvalue weighted by Crippen LogP contribution is -2.19. The van der Waals surface area contributed by atoms with Crippen molar-refractivity contribution >= 4 is 11.3 Å². The highest BCUT2D eigenvalue weighted by molar-refractivity contribution is 7.12. The van der Waals surface area contributed by atoms with Crippen molar-refractivity contribution in [3.63, 3.8) is 0 Å². The summed E-state index contributed by atoms with van der Waals surface area (Å²) in [5.41, 5.74) is 0.623. The molecule has 1 atom stereocenters. The molecule has 0 radical (unpaired) electrons. The fourth-order valence-corrected chi connectivity index (χ4v) is 2.94. The van der Waals surface area contributed by atoms with E-state index in [1.807, 2.05) is 0 Å². The van der Waals surface area contributed by atoms with Crippen molar-refractivity contribution in [3.05, 3.63) is 15.6 Å². The van der Waals surface area contributed by atoms with Crippen LogP contribution in [0.3, 0.4) is 0 Å². The molecule has 2 nitrogen and oxygen atoms in total. The number of hydrogen-bond donors (Lipinski definition) is 1. The van der Waals surface area contributed by atoms with E-state index in [0.29, 0.717) is 12.1 Å². The van der Waals surface area contributed by atoms with Gasteiger partial charge in [0.15, 0.2) is 5.01 Å². The first-order chi connectivity index (χ1) is 7.02. The van der Waals surface area contributed by atoms with E-state index in [1.54, 1.807) is 7.05 Å². The highest BCUT2D eigenvalue weighted by Crippen LogP contribution is 2.40. The minimum Gasteiger partial charge on any atom is -0.312 e. The van der Waals surface area contributed by atoms with Crippen LogP contribution in [0.25, 0.3) is 0 Å². The maximum atomic E-state index is 12.4. The molecular weight excluding hydrogens is 225 g/mol. The summed E-state index contributed by atoms with van der Waals surface area (Å²) >= 11 is 0.776. The lowest BCUT2D eigenvalue weighted by molar-refractivity contribution is -0.137. The maximum Gasteiger partial charge on any atom is 0.443 e. The summed E-state index contributed by atoms with van der Waals surface area (Å²) in [7, 11) is 1.77. The lowest BCUT2D eigenvalue weighted by atomic mass is 9.98. The van der Waals surface area contributed by atoms with Crippen molar-refractivity contribution < 1.29 is 13.2 Å². The van der Waals surface area contributed by atoms with Gasteiger partial charge in [-0.2, -0.15) is 13.2 Å². The highest BCUT2D eigenvalue weighted by atomic mass is 32.1. The first kappa shape index (κ1) is 10.9. The normalized spacial score (nSPS) is 21.5. The first-order valence-electron chi connectivity index (χ1n) is 4.76. The molecule has 0 amide bonds. The Balaban J connectivity index is 2.37. The van der Waals surface area contributed by atoms with Crippen LogP contribution < -0.4 is 5.32 Å². The lowest BCUT2D eigenvalue weighted by Gasteiger charge is -2.19. The Morgan fingerprint density at radius 1 is 1.47 bits per heavy atom. The van der Waals surface area contributed by atoms with Gasteiger partial charge in [0.2, 0.25) is 0 Å². The molecule has 1 N–H and O–H groups in total. The van der Waals surface area contributed by atoms with E-state index < -0.39 is 11.2 Å². The molecule has 15 heavy (non-hydrogen) atoms. The van der Waals surface area contributed by atoms with Crippen LogP contribution in [0.2, 0.25) is 0 Å². The third-order valence-corrected chi connectivity index (χ3v) is 3.80. The second kappa shape index (κ2) is 3.75. The molecule has 2 rings (SSSR count). The van der Waals surface area contributed by atoms with E-state index in [1.165, 1.54) is 0 Å². The Kier molecular flexibility index (Phi) is 2.72. The molecule has 0 spiro atoms. The molecule has 0 aliphatic heterocycles. The fraction of sp³-hybridized carbons (Fsp3) is 0.667. The van der Waals surface area contributed by atoms with Crippen molar-refractivity contribution in [1.29, 1.82) is 0 Å². The number of aromatic nitrogens is 1. The molecule has 84 valence electrons. The minimum absolute atomic E-state index is 0.0438. The van der Waals surface area contributed by atoms with Crippen molar-refractivity contribution in [2.24, 2.45) is 0 Å². The van der Waals surface area contributed by atoms with E-state index in [4.69, 9.17) is 0 Å². The summed E-state index contributed by atoms with van der Waals surface area (Å²) in [5, 5.41) is 2.31. The van der Waals surface area contributed by atoms with E-state index in [2.05, 4.69) is 10.3 Å². The predicted octanol–water partition coefficient (Wildman–Crippen LogP) is 2.76. The van der Waals surface area contributed by atoms with E-state index >= 15 is 0 Å². The predicted molar refractivity (Wildman–Crippen MR) is 51.9 cm³/mol. The first-order valence-corrected chi connectivity index (χ1v) is 5.58. The molecule has 0 fully saturated rings. The van der Waals surface area contributed by atoms with Gasteiger partial charge in [0, 0.05) is 10.9 Å². The topological polar surface area (TPSA) is 24.9 Å². The third kappa shape index (κ3) is 2.01. The number of aryl methyl sites for hydroxylation is 1. The van der Waals surface area contributed by atoms with Crippen molar-refractivity contribution in [2.45, 2.75) is 31.5 Å². The summed E-state index contributed by atoms with van der Waals surface area (Å²) in [6, 6.07) is 0.0438. The number of alkyl halides is 3. The van der Waals surface area contributed by atoms with Crippen LogP contribution in [0, 0.1) is 0 Å². The number of hydrogen-bond acceptors (Lipinski definition) is 3. The van der Waals surface area contributed by atoms with Gasteiger partial charge >= 0.3 is 6.18 Å². The quantitative estimate of drug-likeness (QED) is 0.811. The van der Waals surface area contributed by atoms with Crippen LogP contribution in [-0.2, 0) is 12.6 Å².